The molecule has 1 aromatic carbocycles. The van der Waals surface area contributed by atoms with Crippen molar-refractivity contribution in [3.8, 4) is 0 Å². The number of piperidine rings is 1. The maximum atomic E-state index is 12.4. The minimum atomic E-state index is 0.0320. The molecule has 1 saturated heterocycles. The summed E-state index contributed by atoms with van der Waals surface area (Å²) in [6, 6.07) is 5.24. The molecule has 1 aromatic heterocycles. The number of rotatable bonds is 3. The van der Waals surface area contributed by atoms with Gasteiger partial charge in [-0.3, -0.25) is 9.36 Å². The molecule has 0 amide bonds. The molecule has 112 valence electrons. The van der Waals surface area contributed by atoms with Crippen molar-refractivity contribution < 1.29 is 0 Å². The quantitative estimate of drug-likeness (QED) is 0.875. The van der Waals surface area contributed by atoms with E-state index >= 15 is 0 Å². The van der Waals surface area contributed by atoms with Crippen molar-refractivity contribution in [3.63, 3.8) is 0 Å². The first kappa shape index (κ1) is 14.5. The van der Waals surface area contributed by atoms with E-state index in [0.717, 1.165) is 26.1 Å². The van der Waals surface area contributed by atoms with Gasteiger partial charge in [0.15, 0.2) is 0 Å². The molecule has 5 heteroatoms. The first-order valence-corrected chi connectivity index (χ1v) is 7.84. The van der Waals surface area contributed by atoms with Crippen molar-refractivity contribution in [2.45, 2.75) is 25.8 Å². The smallest absolute Gasteiger partial charge is 0.261 e. The predicted molar refractivity (Wildman–Crippen MR) is 85.9 cm³/mol. The van der Waals surface area contributed by atoms with Crippen LogP contribution < -0.4 is 5.56 Å². The third-order valence-corrected chi connectivity index (χ3v) is 4.64. The Morgan fingerprint density at radius 3 is 2.86 bits per heavy atom. The van der Waals surface area contributed by atoms with Crippen molar-refractivity contribution >= 4 is 22.5 Å². The van der Waals surface area contributed by atoms with E-state index in [9.17, 15) is 4.79 Å². The van der Waals surface area contributed by atoms with Gasteiger partial charge in [-0.05, 0) is 63.5 Å². The average molecular weight is 306 g/mol. The maximum Gasteiger partial charge on any atom is 0.261 e. The van der Waals surface area contributed by atoms with E-state index < -0.39 is 0 Å². The Hall–Kier alpha value is -1.39. The minimum absolute atomic E-state index is 0.0320. The molecule has 0 atom stereocenters. The lowest BCUT2D eigenvalue weighted by atomic mass is 9.94. The van der Waals surface area contributed by atoms with Crippen LogP contribution in [0.25, 0.3) is 10.9 Å². The lowest BCUT2D eigenvalue weighted by Gasteiger charge is -2.28. The van der Waals surface area contributed by atoms with Crippen LogP contribution >= 0.6 is 11.6 Å². The largest absolute Gasteiger partial charge is 0.306 e. The molecule has 0 spiro atoms. The molecular weight excluding hydrogens is 286 g/mol. The van der Waals surface area contributed by atoms with Crippen LogP contribution in [0.3, 0.4) is 0 Å². The van der Waals surface area contributed by atoms with E-state index in [1.165, 1.54) is 12.8 Å². The van der Waals surface area contributed by atoms with E-state index in [-0.39, 0.29) is 5.56 Å². The second kappa shape index (κ2) is 6.16. The first-order valence-electron chi connectivity index (χ1n) is 7.47. The van der Waals surface area contributed by atoms with Crippen LogP contribution in [0.1, 0.15) is 19.3 Å². The van der Waals surface area contributed by atoms with Gasteiger partial charge in [0.1, 0.15) is 0 Å². The Balaban J connectivity index is 1.74. The Labute approximate surface area is 129 Å². The molecule has 0 N–H and O–H groups in total. The highest BCUT2D eigenvalue weighted by Crippen LogP contribution is 2.20. The zero-order valence-corrected chi connectivity index (χ0v) is 13.0. The van der Waals surface area contributed by atoms with E-state index in [2.05, 4.69) is 16.9 Å². The Morgan fingerprint density at radius 1 is 1.33 bits per heavy atom. The summed E-state index contributed by atoms with van der Waals surface area (Å²) in [6.45, 7) is 3.07. The lowest BCUT2D eigenvalue weighted by molar-refractivity contribution is 0.207. The summed E-state index contributed by atoms with van der Waals surface area (Å²) < 4.78 is 1.73. The highest BCUT2D eigenvalue weighted by molar-refractivity contribution is 6.31. The van der Waals surface area contributed by atoms with Crippen molar-refractivity contribution in [2.24, 2.45) is 5.92 Å². The Morgan fingerprint density at radius 2 is 2.10 bits per heavy atom. The average Bonchev–Trinajstić information content (AvgIpc) is 2.48. The molecule has 2 heterocycles. The van der Waals surface area contributed by atoms with Gasteiger partial charge in [0, 0.05) is 11.6 Å². The molecule has 4 nitrogen and oxygen atoms in total. The van der Waals surface area contributed by atoms with Crippen molar-refractivity contribution in [1.29, 1.82) is 0 Å². The van der Waals surface area contributed by atoms with Crippen LogP contribution in [0.2, 0.25) is 5.02 Å². The summed E-state index contributed by atoms with van der Waals surface area (Å²) in [7, 11) is 2.17. The van der Waals surface area contributed by atoms with Gasteiger partial charge in [0.2, 0.25) is 0 Å². The van der Waals surface area contributed by atoms with Gasteiger partial charge in [-0.15, -0.1) is 0 Å². The molecule has 3 rings (SSSR count). The number of aromatic nitrogens is 2. The van der Waals surface area contributed by atoms with Crippen molar-refractivity contribution in [3.05, 3.63) is 39.9 Å². The number of hydrogen-bond acceptors (Lipinski definition) is 3. The number of likely N-dealkylation sites (tertiary alicyclic amines) is 1. The first-order chi connectivity index (χ1) is 10.1. The van der Waals surface area contributed by atoms with E-state index in [1.54, 1.807) is 29.1 Å². The van der Waals surface area contributed by atoms with Crippen molar-refractivity contribution in [1.82, 2.24) is 14.5 Å². The number of fused-ring (bicyclic) bond motifs is 1. The lowest BCUT2D eigenvalue weighted by Crippen LogP contribution is -2.31. The number of hydrogen-bond donors (Lipinski definition) is 0. The zero-order valence-electron chi connectivity index (χ0n) is 12.3. The molecule has 1 aliphatic rings. The second-order valence-electron chi connectivity index (χ2n) is 5.94. The van der Waals surface area contributed by atoms with Crippen LogP contribution in [-0.2, 0) is 6.54 Å². The van der Waals surface area contributed by atoms with Crippen LogP contribution in [0.5, 0.6) is 0 Å². The fraction of sp³-hybridized carbons (Fsp3) is 0.500. The van der Waals surface area contributed by atoms with Crippen molar-refractivity contribution in [2.75, 3.05) is 20.1 Å². The monoisotopic (exact) mass is 305 g/mol. The predicted octanol–water partition coefficient (Wildman–Crippen LogP) is 2.78. The molecule has 21 heavy (non-hydrogen) atoms. The molecular formula is C16H20ClN3O. The molecule has 0 aliphatic carbocycles. The summed E-state index contributed by atoms with van der Waals surface area (Å²) >= 11 is 5.93. The summed E-state index contributed by atoms with van der Waals surface area (Å²) in [5.41, 5.74) is 0.702. The molecule has 0 radical (unpaired) electrons. The number of aryl methyl sites for hydroxylation is 1. The van der Waals surface area contributed by atoms with Crippen LogP contribution in [-0.4, -0.2) is 34.6 Å². The topological polar surface area (TPSA) is 38.1 Å². The second-order valence-corrected chi connectivity index (χ2v) is 6.38. The molecule has 1 aliphatic heterocycles. The molecule has 0 bridgehead atoms. The van der Waals surface area contributed by atoms with Gasteiger partial charge < -0.3 is 4.90 Å². The fourth-order valence-corrected chi connectivity index (χ4v) is 3.13. The summed E-state index contributed by atoms with van der Waals surface area (Å²) in [4.78, 5) is 19.2. The normalized spacial score (nSPS) is 17.4. The van der Waals surface area contributed by atoms with Gasteiger partial charge in [0.05, 0.1) is 17.2 Å². The van der Waals surface area contributed by atoms with Gasteiger partial charge in [-0.2, -0.15) is 0 Å². The van der Waals surface area contributed by atoms with Gasteiger partial charge >= 0.3 is 0 Å². The van der Waals surface area contributed by atoms with E-state index in [4.69, 9.17) is 11.6 Å². The van der Waals surface area contributed by atoms with Gasteiger partial charge in [0.25, 0.3) is 5.56 Å². The molecule has 0 unspecified atom stereocenters. The van der Waals surface area contributed by atoms with E-state index in [0.29, 0.717) is 21.8 Å². The molecule has 1 fully saturated rings. The van der Waals surface area contributed by atoms with Crippen LogP contribution in [0.4, 0.5) is 0 Å². The Bertz CT molecular complexity index is 689. The highest BCUT2D eigenvalue weighted by Gasteiger charge is 2.16. The molecule has 0 saturated carbocycles. The number of benzene rings is 1. The third kappa shape index (κ3) is 3.27. The number of nitrogens with zero attached hydrogens (tertiary/aromatic N) is 3. The number of halogens is 1. The minimum Gasteiger partial charge on any atom is -0.306 e. The highest BCUT2D eigenvalue weighted by atomic mass is 35.5. The standard InChI is InChI=1S/C16H20ClN3O/c1-19-7-4-12(5-8-19)6-9-20-11-18-15-10-13(17)2-3-14(15)16(20)21/h2-3,10-12H,4-9H2,1H3. The summed E-state index contributed by atoms with van der Waals surface area (Å²) in [6.07, 6.45) is 5.15. The SMILES string of the molecule is CN1CCC(CCn2cnc3cc(Cl)ccc3c2=O)CC1. The molecule has 2 aromatic rings. The Kier molecular flexibility index (Phi) is 4.27. The summed E-state index contributed by atoms with van der Waals surface area (Å²) in [5, 5.41) is 1.25. The third-order valence-electron chi connectivity index (χ3n) is 4.40. The zero-order chi connectivity index (χ0) is 14.8. The van der Waals surface area contributed by atoms with Crippen LogP contribution in [0, 0.1) is 5.92 Å². The maximum absolute atomic E-state index is 12.4. The fourth-order valence-electron chi connectivity index (χ4n) is 2.96. The van der Waals surface area contributed by atoms with Gasteiger partial charge in [-0.1, -0.05) is 11.6 Å². The van der Waals surface area contributed by atoms with Crippen LogP contribution in [0.15, 0.2) is 29.3 Å². The summed E-state index contributed by atoms with van der Waals surface area (Å²) in [5.74, 6) is 0.717. The van der Waals surface area contributed by atoms with Gasteiger partial charge in [-0.25, -0.2) is 4.98 Å². The van der Waals surface area contributed by atoms with E-state index in [1.807, 2.05) is 0 Å².